The minimum atomic E-state index is 0.345. The molecule has 0 unspecified atom stereocenters. The van der Waals surface area contributed by atoms with Crippen LogP contribution in [-0.4, -0.2) is 11.1 Å². The molecule has 0 bridgehead atoms. The average Bonchev–Trinajstić information content (AvgIpc) is 2.52. The summed E-state index contributed by atoms with van der Waals surface area (Å²) in [6.45, 7) is 1.98. The van der Waals surface area contributed by atoms with Gasteiger partial charge in [-0.3, -0.25) is 0 Å². The zero-order valence-electron chi connectivity index (χ0n) is 9.91. The molecule has 0 radical (unpaired) electrons. The van der Waals surface area contributed by atoms with Crippen LogP contribution >= 0.6 is 0 Å². The van der Waals surface area contributed by atoms with Crippen molar-refractivity contribution >= 4 is 5.69 Å². The normalized spacial score (nSPS) is 18.1. The molecular formula is C13H20N2O. The summed E-state index contributed by atoms with van der Waals surface area (Å²) in [6.07, 6.45) is 9.58. The molecule has 1 fully saturated rings. The second kappa shape index (κ2) is 5.19. The van der Waals surface area contributed by atoms with Gasteiger partial charge in [-0.25, -0.2) is 4.98 Å². The first kappa shape index (κ1) is 11.2. The topological polar surface area (TPSA) is 48.1 Å². The van der Waals surface area contributed by atoms with Crippen LogP contribution in [-0.2, 0) is 0 Å². The van der Waals surface area contributed by atoms with Crippen molar-refractivity contribution in [3.63, 3.8) is 0 Å². The van der Waals surface area contributed by atoms with Gasteiger partial charge in [-0.1, -0.05) is 12.8 Å². The van der Waals surface area contributed by atoms with Gasteiger partial charge in [0.05, 0.1) is 11.9 Å². The zero-order valence-corrected chi connectivity index (χ0v) is 9.91. The predicted octanol–water partition coefficient (Wildman–Crippen LogP) is 3.07. The first-order valence-electron chi connectivity index (χ1n) is 6.14. The van der Waals surface area contributed by atoms with Crippen LogP contribution < -0.4 is 10.5 Å². The Hall–Kier alpha value is -1.25. The number of aromatic nitrogens is 1. The maximum atomic E-state index is 5.90. The lowest BCUT2D eigenvalue weighted by atomic mass is 10.1. The molecule has 1 aliphatic carbocycles. The molecule has 0 saturated heterocycles. The Morgan fingerprint density at radius 1 is 1.25 bits per heavy atom. The van der Waals surface area contributed by atoms with Gasteiger partial charge in [0.2, 0.25) is 5.88 Å². The second-order valence-electron chi connectivity index (χ2n) is 4.61. The van der Waals surface area contributed by atoms with E-state index in [1.807, 2.05) is 13.0 Å². The second-order valence-corrected chi connectivity index (χ2v) is 4.61. The van der Waals surface area contributed by atoms with Crippen molar-refractivity contribution in [2.24, 2.45) is 0 Å². The van der Waals surface area contributed by atoms with Gasteiger partial charge in [0.15, 0.2) is 0 Å². The van der Waals surface area contributed by atoms with Crippen LogP contribution in [0.3, 0.4) is 0 Å². The third kappa shape index (κ3) is 2.87. The standard InChI is InChI=1S/C13H20N2O/c1-10-8-13(15-9-12(10)14)16-11-6-4-2-3-5-7-11/h8-9,11H,2-7,14H2,1H3. The van der Waals surface area contributed by atoms with E-state index in [4.69, 9.17) is 10.5 Å². The number of hydrogen-bond donors (Lipinski definition) is 1. The van der Waals surface area contributed by atoms with Crippen LogP contribution in [0.1, 0.15) is 44.1 Å². The van der Waals surface area contributed by atoms with E-state index in [1.165, 1.54) is 25.7 Å². The number of pyridine rings is 1. The highest BCUT2D eigenvalue weighted by Gasteiger charge is 2.14. The van der Waals surface area contributed by atoms with E-state index >= 15 is 0 Å². The fourth-order valence-corrected chi connectivity index (χ4v) is 2.14. The van der Waals surface area contributed by atoms with E-state index in [2.05, 4.69) is 4.98 Å². The number of anilines is 1. The minimum Gasteiger partial charge on any atom is -0.474 e. The Bertz CT molecular complexity index is 344. The van der Waals surface area contributed by atoms with Crippen molar-refractivity contribution in [1.29, 1.82) is 0 Å². The number of nitrogens with two attached hydrogens (primary N) is 1. The molecule has 1 aliphatic rings. The summed E-state index contributed by atoms with van der Waals surface area (Å²) < 4.78 is 5.90. The number of hydrogen-bond acceptors (Lipinski definition) is 3. The lowest BCUT2D eigenvalue weighted by molar-refractivity contribution is 0.176. The molecule has 0 amide bonds. The van der Waals surface area contributed by atoms with Crippen LogP contribution in [0.15, 0.2) is 12.3 Å². The molecule has 88 valence electrons. The minimum absolute atomic E-state index is 0.345. The van der Waals surface area contributed by atoms with Crippen molar-refractivity contribution < 1.29 is 4.74 Å². The number of nitrogen functional groups attached to an aromatic ring is 1. The molecule has 0 spiro atoms. The molecule has 0 atom stereocenters. The number of ether oxygens (including phenoxy) is 1. The first-order valence-corrected chi connectivity index (χ1v) is 6.14. The van der Waals surface area contributed by atoms with Gasteiger partial charge in [0, 0.05) is 6.07 Å². The quantitative estimate of drug-likeness (QED) is 0.779. The molecule has 0 aromatic carbocycles. The molecule has 1 heterocycles. The molecule has 2 rings (SSSR count). The van der Waals surface area contributed by atoms with Gasteiger partial charge in [0.1, 0.15) is 6.10 Å². The predicted molar refractivity (Wildman–Crippen MR) is 65.5 cm³/mol. The van der Waals surface area contributed by atoms with Gasteiger partial charge >= 0.3 is 0 Å². The van der Waals surface area contributed by atoms with Crippen molar-refractivity contribution in [2.75, 3.05) is 5.73 Å². The Morgan fingerprint density at radius 2 is 1.94 bits per heavy atom. The van der Waals surface area contributed by atoms with E-state index in [-0.39, 0.29) is 0 Å². The van der Waals surface area contributed by atoms with Gasteiger partial charge in [-0.05, 0) is 38.2 Å². The Kier molecular flexibility index (Phi) is 3.65. The molecular weight excluding hydrogens is 200 g/mol. The van der Waals surface area contributed by atoms with Crippen molar-refractivity contribution in [2.45, 2.75) is 51.6 Å². The van der Waals surface area contributed by atoms with Crippen LogP contribution in [0.4, 0.5) is 5.69 Å². The molecule has 1 aromatic heterocycles. The van der Waals surface area contributed by atoms with Crippen LogP contribution in [0.2, 0.25) is 0 Å². The van der Waals surface area contributed by atoms with Crippen LogP contribution in [0.25, 0.3) is 0 Å². The highest BCUT2D eigenvalue weighted by atomic mass is 16.5. The van der Waals surface area contributed by atoms with Crippen molar-refractivity contribution in [3.8, 4) is 5.88 Å². The number of nitrogens with zero attached hydrogens (tertiary/aromatic N) is 1. The van der Waals surface area contributed by atoms with E-state index in [0.717, 1.165) is 30.0 Å². The van der Waals surface area contributed by atoms with Crippen molar-refractivity contribution in [1.82, 2.24) is 4.98 Å². The summed E-state index contributed by atoms with van der Waals surface area (Å²) in [5, 5.41) is 0. The third-order valence-corrected chi connectivity index (χ3v) is 3.22. The molecule has 2 N–H and O–H groups in total. The summed E-state index contributed by atoms with van der Waals surface area (Å²) >= 11 is 0. The monoisotopic (exact) mass is 220 g/mol. The van der Waals surface area contributed by atoms with Gasteiger partial charge < -0.3 is 10.5 Å². The number of aryl methyl sites for hydroxylation is 1. The lowest BCUT2D eigenvalue weighted by Crippen LogP contribution is -2.16. The van der Waals surface area contributed by atoms with E-state index in [1.54, 1.807) is 6.20 Å². The zero-order chi connectivity index (χ0) is 11.4. The fraction of sp³-hybridized carbons (Fsp3) is 0.615. The third-order valence-electron chi connectivity index (χ3n) is 3.22. The highest BCUT2D eigenvalue weighted by Crippen LogP contribution is 2.23. The van der Waals surface area contributed by atoms with Crippen molar-refractivity contribution in [3.05, 3.63) is 17.8 Å². The Morgan fingerprint density at radius 3 is 2.56 bits per heavy atom. The van der Waals surface area contributed by atoms with E-state index in [9.17, 15) is 0 Å². The van der Waals surface area contributed by atoms with E-state index in [0.29, 0.717) is 6.10 Å². The largest absolute Gasteiger partial charge is 0.474 e. The SMILES string of the molecule is Cc1cc(OC2CCCCCC2)ncc1N. The molecule has 3 heteroatoms. The van der Waals surface area contributed by atoms with Gasteiger partial charge in [-0.2, -0.15) is 0 Å². The number of rotatable bonds is 2. The van der Waals surface area contributed by atoms with Crippen LogP contribution in [0.5, 0.6) is 5.88 Å². The summed E-state index contributed by atoms with van der Waals surface area (Å²) in [5.41, 5.74) is 7.50. The maximum Gasteiger partial charge on any atom is 0.213 e. The Labute approximate surface area is 97.0 Å². The molecule has 3 nitrogen and oxygen atoms in total. The Balaban J connectivity index is 1.99. The first-order chi connectivity index (χ1) is 7.75. The summed E-state index contributed by atoms with van der Waals surface area (Å²) in [6, 6.07) is 1.93. The smallest absolute Gasteiger partial charge is 0.213 e. The maximum absolute atomic E-state index is 5.90. The molecule has 0 aliphatic heterocycles. The molecule has 1 aromatic rings. The summed E-state index contributed by atoms with van der Waals surface area (Å²) in [7, 11) is 0. The van der Waals surface area contributed by atoms with Gasteiger partial charge in [-0.15, -0.1) is 0 Å². The summed E-state index contributed by atoms with van der Waals surface area (Å²) in [5.74, 6) is 0.721. The fourth-order valence-electron chi connectivity index (χ4n) is 2.14. The van der Waals surface area contributed by atoms with Crippen LogP contribution in [0, 0.1) is 6.92 Å². The highest BCUT2D eigenvalue weighted by molar-refractivity contribution is 5.45. The molecule has 16 heavy (non-hydrogen) atoms. The lowest BCUT2D eigenvalue weighted by Gasteiger charge is -2.16. The molecule has 1 saturated carbocycles. The van der Waals surface area contributed by atoms with Gasteiger partial charge in [0.25, 0.3) is 0 Å². The summed E-state index contributed by atoms with van der Waals surface area (Å²) in [4.78, 5) is 4.22. The average molecular weight is 220 g/mol. The van der Waals surface area contributed by atoms with E-state index < -0.39 is 0 Å².